The Bertz CT molecular complexity index is 1420. The Balaban J connectivity index is 1.51. The first-order valence-electron chi connectivity index (χ1n) is 11.9. The summed E-state index contributed by atoms with van der Waals surface area (Å²) in [6.07, 6.45) is 0.381. The lowest BCUT2D eigenvalue weighted by Gasteiger charge is -2.11. The highest BCUT2D eigenvalue weighted by Gasteiger charge is 2.12. The maximum Gasteiger partial charge on any atom is 0.120 e. The van der Waals surface area contributed by atoms with Gasteiger partial charge in [0.2, 0.25) is 0 Å². The molecule has 0 radical (unpaired) electrons. The number of nitrogens with zero attached hydrogens (tertiary/aromatic N) is 1. The molecule has 5 heteroatoms. The van der Waals surface area contributed by atoms with Crippen molar-refractivity contribution in [2.75, 3.05) is 20.3 Å². The van der Waals surface area contributed by atoms with E-state index in [0.29, 0.717) is 26.2 Å². The summed E-state index contributed by atoms with van der Waals surface area (Å²) in [7, 11) is 1.67. The Kier molecular flexibility index (Phi) is 8.63. The van der Waals surface area contributed by atoms with Gasteiger partial charge in [0.05, 0.1) is 25.0 Å². The van der Waals surface area contributed by atoms with Crippen LogP contribution in [0.4, 0.5) is 0 Å². The summed E-state index contributed by atoms with van der Waals surface area (Å²) in [6, 6.07) is 22.8. The van der Waals surface area contributed by atoms with Crippen LogP contribution in [0.2, 0.25) is 0 Å². The van der Waals surface area contributed by atoms with E-state index in [0.717, 1.165) is 22.6 Å². The largest absolute Gasteiger partial charge is 0.491 e. The van der Waals surface area contributed by atoms with Crippen LogP contribution in [-0.4, -0.2) is 20.3 Å². The Morgan fingerprint density at radius 2 is 1.72 bits per heavy atom. The van der Waals surface area contributed by atoms with Gasteiger partial charge in [0.25, 0.3) is 0 Å². The van der Waals surface area contributed by atoms with Gasteiger partial charge in [-0.05, 0) is 77.9 Å². The van der Waals surface area contributed by atoms with Crippen molar-refractivity contribution in [2.45, 2.75) is 32.8 Å². The van der Waals surface area contributed by atoms with E-state index in [1.165, 1.54) is 26.8 Å². The summed E-state index contributed by atoms with van der Waals surface area (Å²) in [5.41, 5.74) is 5.73. The number of ether oxygens (including phenoxy) is 3. The molecule has 1 aromatic heterocycles. The van der Waals surface area contributed by atoms with E-state index in [2.05, 4.69) is 60.5 Å². The second-order valence-corrected chi connectivity index (χ2v) is 9.38. The normalized spacial score (nSPS) is 11.4. The third-order valence-corrected chi connectivity index (χ3v) is 6.96. The molecule has 0 amide bonds. The minimum absolute atomic E-state index is 0.0687. The summed E-state index contributed by atoms with van der Waals surface area (Å²) in [4.78, 5) is 0. The molecule has 0 unspecified atom stereocenters. The number of fused-ring (bicyclic) bond motifs is 1. The maximum atomic E-state index is 9.06. The molecule has 36 heavy (non-hydrogen) atoms. The maximum absolute atomic E-state index is 9.06. The van der Waals surface area contributed by atoms with Crippen LogP contribution in [0, 0.1) is 30.1 Å². The van der Waals surface area contributed by atoms with Crippen molar-refractivity contribution in [3.63, 3.8) is 0 Å². The molecule has 1 atom stereocenters. The number of rotatable bonds is 10. The standard InChI is InChI=1S/C31H29NO3S/c1-4-5-24(14-15-32)25-8-11-26(12-9-25)35-20-23-7-13-31-29(18-23)30(21-36-31)28-19-27(10-6-22(28)2)34-17-16-33-3/h6-13,18-19,21,24H,14,16-17,20H2,1-3H3/t24-/m0/s1. The van der Waals surface area contributed by atoms with E-state index in [-0.39, 0.29) is 5.92 Å². The zero-order valence-corrected chi connectivity index (χ0v) is 21.7. The number of thiophene rings is 1. The van der Waals surface area contributed by atoms with Crippen LogP contribution < -0.4 is 9.47 Å². The van der Waals surface area contributed by atoms with Crippen LogP contribution >= 0.6 is 11.3 Å². The van der Waals surface area contributed by atoms with Crippen molar-refractivity contribution < 1.29 is 14.2 Å². The third-order valence-electron chi connectivity index (χ3n) is 6.00. The number of benzene rings is 3. The van der Waals surface area contributed by atoms with E-state index >= 15 is 0 Å². The highest BCUT2D eigenvalue weighted by Crippen LogP contribution is 2.38. The van der Waals surface area contributed by atoms with Gasteiger partial charge in [-0.15, -0.1) is 17.3 Å². The van der Waals surface area contributed by atoms with Crippen molar-refractivity contribution in [3.8, 4) is 40.5 Å². The molecule has 4 nitrogen and oxygen atoms in total. The highest BCUT2D eigenvalue weighted by molar-refractivity contribution is 7.17. The molecule has 0 fully saturated rings. The fourth-order valence-electron chi connectivity index (χ4n) is 4.08. The van der Waals surface area contributed by atoms with Crippen molar-refractivity contribution >= 4 is 21.4 Å². The predicted octanol–water partition coefficient (Wildman–Crippen LogP) is 7.50. The van der Waals surface area contributed by atoms with Gasteiger partial charge in [-0.25, -0.2) is 0 Å². The molecule has 0 spiro atoms. The van der Waals surface area contributed by atoms with Gasteiger partial charge in [0, 0.05) is 22.8 Å². The Morgan fingerprint density at radius 3 is 2.47 bits per heavy atom. The topological polar surface area (TPSA) is 51.5 Å². The van der Waals surface area contributed by atoms with Crippen LogP contribution in [0.1, 0.15) is 36.0 Å². The fraction of sp³-hybridized carbons (Fsp3) is 0.258. The molecule has 0 aliphatic heterocycles. The van der Waals surface area contributed by atoms with E-state index in [9.17, 15) is 0 Å². The summed E-state index contributed by atoms with van der Waals surface area (Å²) in [6.45, 7) is 5.48. The first-order chi connectivity index (χ1) is 17.6. The minimum atomic E-state index is -0.0687. The molecule has 0 bridgehead atoms. The summed E-state index contributed by atoms with van der Waals surface area (Å²) in [5, 5.41) is 12.5. The molecule has 4 aromatic rings. The smallest absolute Gasteiger partial charge is 0.120 e. The molecule has 182 valence electrons. The van der Waals surface area contributed by atoms with Crippen molar-refractivity contribution in [3.05, 3.63) is 82.7 Å². The molecule has 0 saturated carbocycles. The molecule has 0 aliphatic carbocycles. The van der Waals surface area contributed by atoms with Gasteiger partial charge >= 0.3 is 0 Å². The zero-order chi connectivity index (χ0) is 25.3. The molecular formula is C31H29NO3S. The van der Waals surface area contributed by atoms with Crippen LogP contribution in [0.5, 0.6) is 11.5 Å². The van der Waals surface area contributed by atoms with Gasteiger partial charge in [0.1, 0.15) is 24.7 Å². The van der Waals surface area contributed by atoms with E-state index in [1.807, 2.05) is 30.3 Å². The Hall–Kier alpha value is -3.77. The third kappa shape index (κ3) is 6.07. The van der Waals surface area contributed by atoms with Crippen LogP contribution in [0.3, 0.4) is 0 Å². The lowest BCUT2D eigenvalue weighted by Crippen LogP contribution is -2.04. The number of hydrogen-bond donors (Lipinski definition) is 0. The SMILES string of the molecule is CC#C[C@@H](CC#N)c1ccc(OCc2ccc3scc(-c4cc(OCCOC)ccc4C)c3c2)cc1. The number of nitriles is 1. The van der Waals surface area contributed by atoms with Crippen molar-refractivity contribution in [2.24, 2.45) is 0 Å². The molecule has 0 N–H and O–H groups in total. The molecule has 4 rings (SSSR count). The highest BCUT2D eigenvalue weighted by atomic mass is 32.1. The van der Waals surface area contributed by atoms with Crippen LogP contribution in [-0.2, 0) is 11.3 Å². The molecule has 0 aliphatic rings. The van der Waals surface area contributed by atoms with E-state index in [1.54, 1.807) is 25.4 Å². The van der Waals surface area contributed by atoms with Gasteiger partial charge in [-0.2, -0.15) is 5.26 Å². The molecular weight excluding hydrogens is 466 g/mol. The van der Waals surface area contributed by atoms with Crippen molar-refractivity contribution in [1.82, 2.24) is 0 Å². The minimum Gasteiger partial charge on any atom is -0.491 e. The lowest BCUT2D eigenvalue weighted by molar-refractivity contribution is 0.146. The Labute approximate surface area is 217 Å². The predicted molar refractivity (Wildman–Crippen MR) is 147 cm³/mol. The van der Waals surface area contributed by atoms with Crippen molar-refractivity contribution in [1.29, 1.82) is 5.26 Å². The second-order valence-electron chi connectivity index (χ2n) is 8.46. The van der Waals surface area contributed by atoms with Crippen LogP contribution in [0.25, 0.3) is 21.2 Å². The van der Waals surface area contributed by atoms with E-state index < -0.39 is 0 Å². The first kappa shape index (κ1) is 25.3. The molecule has 1 heterocycles. The number of hydrogen-bond acceptors (Lipinski definition) is 5. The fourth-order valence-corrected chi connectivity index (χ4v) is 5.02. The monoisotopic (exact) mass is 495 g/mol. The molecule has 3 aromatic carbocycles. The van der Waals surface area contributed by atoms with Crippen LogP contribution in [0.15, 0.2) is 66.0 Å². The van der Waals surface area contributed by atoms with Gasteiger partial charge in [0.15, 0.2) is 0 Å². The second kappa shape index (κ2) is 12.3. The number of aryl methyl sites for hydroxylation is 1. The average molecular weight is 496 g/mol. The van der Waals surface area contributed by atoms with Gasteiger partial charge < -0.3 is 14.2 Å². The average Bonchev–Trinajstić information content (AvgIpc) is 3.32. The summed E-state index contributed by atoms with van der Waals surface area (Å²) in [5.74, 6) is 7.59. The first-order valence-corrected chi connectivity index (χ1v) is 12.8. The lowest BCUT2D eigenvalue weighted by atomic mass is 9.97. The zero-order valence-electron chi connectivity index (χ0n) is 20.8. The van der Waals surface area contributed by atoms with Gasteiger partial charge in [-0.3, -0.25) is 0 Å². The summed E-state index contributed by atoms with van der Waals surface area (Å²) >= 11 is 1.74. The van der Waals surface area contributed by atoms with E-state index in [4.69, 9.17) is 19.5 Å². The molecule has 0 saturated heterocycles. The van der Waals surface area contributed by atoms with Gasteiger partial charge in [-0.1, -0.05) is 30.2 Å². The Morgan fingerprint density at radius 1 is 0.917 bits per heavy atom. The number of methoxy groups -OCH3 is 1. The quantitative estimate of drug-likeness (QED) is 0.169. The summed E-state index contributed by atoms with van der Waals surface area (Å²) < 4.78 is 18.3.